The quantitative estimate of drug-likeness (QED) is 0.818. The minimum Gasteiger partial charge on any atom is -0.477 e. The standard InChI is InChI=1S/C10H12N4O2/c1-2-3-16-9-6-14-5-7(10(11)15)12-4-8(14)13-9/h4-6H,2-3H2,1H3,(H2,11,15). The highest BCUT2D eigenvalue weighted by Crippen LogP contribution is 2.11. The van der Waals surface area contributed by atoms with Gasteiger partial charge in [0, 0.05) is 6.20 Å². The van der Waals surface area contributed by atoms with Gasteiger partial charge in [-0.25, -0.2) is 4.98 Å². The molecule has 0 unspecified atom stereocenters. The van der Waals surface area contributed by atoms with Crippen molar-refractivity contribution < 1.29 is 9.53 Å². The molecule has 0 radical (unpaired) electrons. The van der Waals surface area contributed by atoms with Gasteiger partial charge in [0.1, 0.15) is 5.69 Å². The van der Waals surface area contributed by atoms with Crippen LogP contribution in [0.3, 0.4) is 0 Å². The first-order valence-corrected chi connectivity index (χ1v) is 4.98. The molecule has 0 aliphatic heterocycles. The van der Waals surface area contributed by atoms with Crippen molar-refractivity contribution in [3.05, 3.63) is 24.3 Å². The van der Waals surface area contributed by atoms with Crippen LogP contribution in [0.2, 0.25) is 0 Å². The van der Waals surface area contributed by atoms with Crippen LogP contribution in [0.4, 0.5) is 0 Å². The van der Waals surface area contributed by atoms with Gasteiger partial charge < -0.3 is 10.5 Å². The number of ether oxygens (including phenoxy) is 1. The Morgan fingerprint density at radius 2 is 2.38 bits per heavy atom. The van der Waals surface area contributed by atoms with Crippen LogP contribution in [-0.2, 0) is 0 Å². The zero-order valence-electron chi connectivity index (χ0n) is 8.88. The molecule has 0 saturated heterocycles. The fourth-order valence-electron chi connectivity index (χ4n) is 1.28. The predicted molar refractivity (Wildman–Crippen MR) is 57.3 cm³/mol. The van der Waals surface area contributed by atoms with Crippen LogP contribution in [0.25, 0.3) is 5.65 Å². The lowest BCUT2D eigenvalue weighted by molar-refractivity contribution is 0.0995. The summed E-state index contributed by atoms with van der Waals surface area (Å²) in [6, 6.07) is 0. The summed E-state index contributed by atoms with van der Waals surface area (Å²) in [6.07, 6.45) is 5.63. The van der Waals surface area contributed by atoms with Crippen molar-refractivity contribution in [1.29, 1.82) is 0 Å². The van der Waals surface area contributed by atoms with Crippen LogP contribution < -0.4 is 10.5 Å². The Kier molecular flexibility index (Phi) is 2.72. The van der Waals surface area contributed by atoms with E-state index in [1.807, 2.05) is 6.92 Å². The topological polar surface area (TPSA) is 82.5 Å². The number of rotatable bonds is 4. The highest BCUT2D eigenvalue weighted by molar-refractivity contribution is 5.90. The number of nitrogens with two attached hydrogens (primary N) is 1. The number of hydrogen-bond acceptors (Lipinski definition) is 4. The lowest BCUT2D eigenvalue weighted by atomic mass is 10.4. The van der Waals surface area contributed by atoms with Crippen molar-refractivity contribution in [3.63, 3.8) is 0 Å². The van der Waals surface area contributed by atoms with E-state index < -0.39 is 5.91 Å². The van der Waals surface area contributed by atoms with Crippen LogP contribution in [0.1, 0.15) is 23.8 Å². The Balaban J connectivity index is 2.34. The van der Waals surface area contributed by atoms with Crippen LogP contribution in [-0.4, -0.2) is 26.9 Å². The Labute approximate surface area is 92.1 Å². The minimum atomic E-state index is -0.563. The highest BCUT2D eigenvalue weighted by atomic mass is 16.5. The van der Waals surface area contributed by atoms with Crippen LogP contribution in [0.15, 0.2) is 18.6 Å². The maximum absolute atomic E-state index is 10.9. The second-order valence-electron chi connectivity index (χ2n) is 3.33. The second kappa shape index (κ2) is 4.18. The molecule has 2 heterocycles. The number of aromatic nitrogens is 3. The molecule has 0 bridgehead atoms. The smallest absolute Gasteiger partial charge is 0.268 e. The lowest BCUT2D eigenvalue weighted by Gasteiger charge is -1.96. The normalized spacial score (nSPS) is 10.6. The van der Waals surface area contributed by atoms with E-state index in [1.165, 1.54) is 12.4 Å². The summed E-state index contributed by atoms with van der Waals surface area (Å²) >= 11 is 0. The first-order chi connectivity index (χ1) is 7.70. The van der Waals surface area contributed by atoms with Crippen molar-refractivity contribution in [2.45, 2.75) is 13.3 Å². The molecule has 6 heteroatoms. The molecule has 2 aromatic heterocycles. The fourth-order valence-corrected chi connectivity index (χ4v) is 1.28. The molecule has 84 valence electrons. The van der Waals surface area contributed by atoms with E-state index in [-0.39, 0.29) is 5.69 Å². The maximum Gasteiger partial charge on any atom is 0.268 e. The van der Waals surface area contributed by atoms with E-state index in [0.29, 0.717) is 18.1 Å². The Morgan fingerprint density at radius 1 is 1.56 bits per heavy atom. The molecule has 0 aromatic carbocycles. The number of imidazole rings is 1. The minimum absolute atomic E-state index is 0.201. The van der Waals surface area contributed by atoms with Gasteiger partial charge in [0.2, 0.25) is 5.88 Å². The van der Waals surface area contributed by atoms with E-state index in [2.05, 4.69) is 9.97 Å². The third-order valence-corrected chi connectivity index (χ3v) is 2.03. The van der Waals surface area contributed by atoms with Crippen LogP contribution in [0, 0.1) is 0 Å². The molecule has 0 saturated carbocycles. The third kappa shape index (κ3) is 1.95. The Morgan fingerprint density at radius 3 is 3.06 bits per heavy atom. The fraction of sp³-hybridized carbons (Fsp3) is 0.300. The first-order valence-electron chi connectivity index (χ1n) is 4.98. The SMILES string of the molecule is CCCOc1cn2cc(C(N)=O)ncc2n1. The zero-order chi connectivity index (χ0) is 11.5. The molecular formula is C10H12N4O2. The first kappa shape index (κ1) is 10.4. The molecule has 2 N–H and O–H groups in total. The molecule has 0 aliphatic rings. The molecule has 2 rings (SSSR count). The van der Waals surface area contributed by atoms with Crippen molar-refractivity contribution >= 4 is 11.6 Å². The maximum atomic E-state index is 10.9. The monoisotopic (exact) mass is 220 g/mol. The number of amides is 1. The molecule has 2 aromatic rings. The highest BCUT2D eigenvalue weighted by Gasteiger charge is 2.06. The average molecular weight is 220 g/mol. The van der Waals surface area contributed by atoms with Gasteiger partial charge in [-0.2, -0.15) is 4.98 Å². The number of hydrogen-bond donors (Lipinski definition) is 1. The van der Waals surface area contributed by atoms with E-state index in [9.17, 15) is 4.79 Å². The molecule has 1 amide bonds. The summed E-state index contributed by atoms with van der Waals surface area (Å²) in [5.41, 5.74) is 5.95. The summed E-state index contributed by atoms with van der Waals surface area (Å²) in [5.74, 6) is -0.0445. The van der Waals surface area contributed by atoms with E-state index in [1.54, 1.807) is 10.6 Å². The van der Waals surface area contributed by atoms with Gasteiger partial charge in [0.15, 0.2) is 5.65 Å². The number of fused-ring (bicyclic) bond motifs is 1. The number of nitrogens with zero attached hydrogens (tertiary/aromatic N) is 3. The van der Waals surface area contributed by atoms with Crippen molar-refractivity contribution in [2.75, 3.05) is 6.61 Å². The molecule has 0 spiro atoms. The van der Waals surface area contributed by atoms with E-state index in [4.69, 9.17) is 10.5 Å². The molecule has 0 atom stereocenters. The second-order valence-corrected chi connectivity index (χ2v) is 3.33. The van der Waals surface area contributed by atoms with Crippen molar-refractivity contribution in [3.8, 4) is 5.88 Å². The van der Waals surface area contributed by atoms with Gasteiger partial charge in [0.25, 0.3) is 5.91 Å². The van der Waals surface area contributed by atoms with Gasteiger partial charge in [-0.05, 0) is 6.42 Å². The predicted octanol–water partition coefficient (Wildman–Crippen LogP) is 0.617. The Bertz CT molecular complexity index is 521. The largest absolute Gasteiger partial charge is 0.477 e. The van der Waals surface area contributed by atoms with Gasteiger partial charge in [-0.3, -0.25) is 9.20 Å². The summed E-state index contributed by atoms with van der Waals surface area (Å²) < 4.78 is 7.03. The number of primary amides is 1. The molecule has 0 fully saturated rings. The molecule has 6 nitrogen and oxygen atoms in total. The van der Waals surface area contributed by atoms with E-state index >= 15 is 0 Å². The average Bonchev–Trinajstić information content (AvgIpc) is 2.67. The van der Waals surface area contributed by atoms with Crippen LogP contribution in [0.5, 0.6) is 5.88 Å². The lowest BCUT2D eigenvalue weighted by Crippen LogP contribution is -2.13. The van der Waals surface area contributed by atoms with Crippen LogP contribution >= 0.6 is 0 Å². The molecular weight excluding hydrogens is 208 g/mol. The summed E-state index contributed by atoms with van der Waals surface area (Å²) in [5, 5.41) is 0. The number of carbonyl (C=O) groups is 1. The summed E-state index contributed by atoms with van der Waals surface area (Å²) in [6.45, 7) is 2.63. The Hall–Kier alpha value is -2.11. The van der Waals surface area contributed by atoms with Gasteiger partial charge in [-0.15, -0.1) is 0 Å². The zero-order valence-corrected chi connectivity index (χ0v) is 8.88. The van der Waals surface area contributed by atoms with E-state index in [0.717, 1.165) is 6.42 Å². The molecule has 0 aliphatic carbocycles. The van der Waals surface area contributed by atoms with Gasteiger partial charge in [-0.1, -0.05) is 6.92 Å². The number of carbonyl (C=O) groups excluding carboxylic acids is 1. The third-order valence-electron chi connectivity index (χ3n) is 2.03. The summed E-state index contributed by atoms with van der Waals surface area (Å²) in [4.78, 5) is 19.0. The van der Waals surface area contributed by atoms with Gasteiger partial charge in [0.05, 0.1) is 19.0 Å². The summed E-state index contributed by atoms with van der Waals surface area (Å²) in [7, 11) is 0. The van der Waals surface area contributed by atoms with Crippen molar-refractivity contribution in [1.82, 2.24) is 14.4 Å². The molecule has 16 heavy (non-hydrogen) atoms. The van der Waals surface area contributed by atoms with Crippen molar-refractivity contribution in [2.24, 2.45) is 5.73 Å². The van der Waals surface area contributed by atoms with Gasteiger partial charge >= 0.3 is 0 Å².